The summed E-state index contributed by atoms with van der Waals surface area (Å²) in [5, 5.41) is 0. The van der Waals surface area contributed by atoms with Crippen LogP contribution in [0.2, 0.25) is 0 Å². The molecule has 3 heterocycles. The Hall–Kier alpha value is -1.02. The van der Waals surface area contributed by atoms with Gasteiger partial charge >= 0.3 is 0 Å². The normalized spacial score (nSPS) is 36.8. The molecule has 6 heteroatoms. The van der Waals surface area contributed by atoms with E-state index in [-0.39, 0.29) is 30.5 Å². The maximum Gasteiger partial charge on any atom is 0.164 e. The van der Waals surface area contributed by atoms with Crippen LogP contribution in [0, 0.1) is 0 Å². The molecule has 0 spiro atoms. The molecule has 0 radical (unpaired) electrons. The maximum atomic E-state index is 6.32. The zero-order valence-corrected chi connectivity index (χ0v) is 16.6. The van der Waals surface area contributed by atoms with E-state index in [1.807, 2.05) is 45.9 Å². The van der Waals surface area contributed by atoms with E-state index in [0.29, 0.717) is 19.8 Å². The van der Waals surface area contributed by atoms with E-state index in [0.717, 1.165) is 6.42 Å². The lowest BCUT2D eigenvalue weighted by Crippen LogP contribution is -2.40. The van der Waals surface area contributed by atoms with Gasteiger partial charge in [0.2, 0.25) is 0 Å². The molecule has 0 amide bonds. The van der Waals surface area contributed by atoms with Crippen molar-refractivity contribution in [3.05, 3.63) is 35.9 Å². The number of benzene rings is 1. The molecule has 4 rings (SSSR count). The van der Waals surface area contributed by atoms with Crippen LogP contribution in [0.15, 0.2) is 30.3 Å². The van der Waals surface area contributed by atoms with Gasteiger partial charge in [-0.2, -0.15) is 0 Å². The van der Waals surface area contributed by atoms with Crippen LogP contribution in [0.25, 0.3) is 0 Å². The van der Waals surface area contributed by atoms with Gasteiger partial charge in [0.05, 0.1) is 19.3 Å². The Bertz CT molecular complexity index is 631. The molecule has 1 aromatic carbocycles. The Morgan fingerprint density at radius 2 is 1.67 bits per heavy atom. The van der Waals surface area contributed by atoms with Gasteiger partial charge in [0.15, 0.2) is 11.6 Å². The first-order chi connectivity index (χ1) is 12.8. The van der Waals surface area contributed by atoms with Gasteiger partial charge in [0.25, 0.3) is 0 Å². The fraction of sp³-hybridized carbons (Fsp3) is 0.714. The van der Waals surface area contributed by atoms with Crippen molar-refractivity contribution in [2.75, 3.05) is 13.2 Å². The van der Waals surface area contributed by atoms with Crippen LogP contribution in [0.5, 0.6) is 0 Å². The summed E-state index contributed by atoms with van der Waals surface area (Å²) in [6.07, 6.45) is 0.0583. The molecule has 3 aliphatic heterocycles. The summed E-state index contributed by atoms with van der Waals surface area (Å²) in [4.78, 5) is 0. The van der Waals surface area contributed by atoms with Crippen molar-refractivity contribution in [2.24, 2.45) is 0 Å². The van der Waals surface area contributed by atoms with E-state index in [4.69, 9.17) is 28.4 Å². The fourth-order valence-electron chi connectivity index (χ4n) is 4.09. The molecule has 0 N–H and O–H groups in total. The van der Waals surface area contributed by atoms with Crippen molar-refractivity contribution in [1.29, 1.82) is 0 Å². The topological polar surface area (TPSA) is 55.4 Å². The first-order valence-electron chi connectivity index (χ1n) is 9.78. The fourth-order valence-corrected chi connectivity index (χ4v) is 4.09. The van der Waals surface area contributed by atoms with Crippen LogP contribution in [0.3, 0.4) is 0 Å². The lowest BCUT2D eigenvalue weighted by atomic mass is 10.0. The van der Waals surface area contributed by atoms with Gasteiger partial charge in [-0.05, 0) is 39.7 Å². The standard InChI is InChI=1S/C21H30O6/c1-20(2)23-13-16(25-20)17-19-18(26-21(3,4)27-19)15(24-17)10-11-22-12-14-8-6-5-7-9-14/h5-9,15-19H,10-13H2,1-4H3/t15?,16-,17-,18-,19+/m1/s1. The predicted molar refractivity (Wildman–Crippen MR) is 98.1 cm³/mol. The van der Waals surface area contributed by atoms with Crippen molar-refractivity contribution >= 4 is 0 Å². The van der Waals surface area contributed by atoms with Crippen molar-refractivity contribution < 1.29 is 28.4 Å². The van der Waals surface area contributed by atoms with Crippen molar-refractivity contribution in [2.45, 2.75) is 82.8 Å². The van der Waals surface area contributed by atoms with Crippen LogP contribution in [-0.4, -0.2) is 55.3 Å². The predicted octanol–water partition coefficient (Wildman–Crippen LogP) is 3.03. The molecule has 3 saturated heterocycles. The molecule has 1 aromatic rings. The van der Waals surface area contributed by atoms with Gasteiger partial charge in [-0.25, -0.2) is 0 Å². The molecule has 3 aliphatic rings. The average Bonchev–Trinajstić information content (AvgIpc) is 3.23. The van der Waals surface area contributed by atoms with E-state index in [1.54, 1.807) is 0 Å². The van der Waals surface area contributed by atoms with E-state index in [9.17, 15) is 0 Å². The molecule has 5 atom stereocenters. The Kier molecular flexibility index (Phi) is 5.31. The second-order valence-corrected chi connectivity index (χ2v) is 8.40. The van der Waals surface area contributed by atoms with Gasteiger partial charge < -0.3 is 28.4 Å². The molecule has 0 bridgehead atoms. The molecule has 0 saturated carbocycles. The summed E-state index contributed by atoms with van der Waals surface area (Å²) in [6.45, 7) is 9.44. The van der Waals surface area contributed by atoms with E-state index < -0.39 is 11.6 Å². The van der Waals surface area contributed by atoms with Crippen molar-refractivity contribution in [3.63, 3.8) is 0 Å². The summed E-state index contributed by atoms with van der Waals surface area (Å²) in [5.41, 5.74) is 1.17. The second kappa shape index (κ2) is 7.43. The third kappa shape index (κ3) is 4.36. The third-order valence-corrected chi connectivity index (χ3v) is 5.24. The van der Waals surface area contributed by atoms with Crippen LogP contribution in [0.4, 0.5) is 0 Å². The monoisotopic (exact) mass is 378 g/mol. The van der Waals surface area contributed by atoms with E-state index in [2.05, 4.69) is 12.1 Å². The highest BCUT2D eigenvalue weighted by Crippen LogP contribution is 2.42. The van der Waals surface area contributed by atoms with Gasteiger partial charge in [-0.1, -0.05) is 30.3 Å². The highest BCUT2D eigenvalue weighted by Gasteiger charge is 2.58. The molecular formula is C21H30O6. The Morgan fingerprint density at radius 1 is 0.926 bits per heavy atom. The minimum Gasteiger partial charge on any atom is -0.377 e. The Balaban J connectivity index is 1.35. The van der Waals surface area contributed by atoms with Crippen LogP contribution >= 0.6 is 0 Å². The highest BCUT2D eigenvalue weighted by molar-refractivity contribution is 5.13. The highest BCUT2D eigenvalue weighted by atomic mass is 16.8. The van der Waals surface area contributed by atoms with Gasteiger partial charge in [-0.3, -0.25) is 0 Å². The van der Waals surface area contributed by atoms with Crippen molar-refractivity contribution in [1.82, 2.24) is 0 Å². The molecule has 0 aromatic heterocycles. The molecule has 150 valence electrons. The summed E-state index contributed by atoms with van der Waals surface area (Å²) in [5.74, 6) is -1.20. The number of rotatable bonds is 6. The third-order valence-electron chi connectivity index (χ3n) is 5.24. The Labute approximate surface area is 161 Å². The quantitative estimate of drug-likeness (QED) is 0.710. The summed E-state index contributed by atoms with van der Waals surface area (Å²) in [6, 6.07) is 10.2. The van der Waals surface area contributed by atoms with Crippen LogP contribution < -0.4 is 0 Å². The summed E-state index contributed by atoms with van der Waals surface area (Å²) >= 11 is 0. The zero-order valence-electron chi connectivity index (χ0n) is 16.6. The molecular weight excluding hydrogens is 348 g/mol. The molecule has 27 heavy (non-hydrogen) atoms. The molecule has 0 aliphatic carbocycles. The SMILES string of the molecule is CC1(C)O[C@H]2[C@@H]([C@H]3COC(C)(C)O3)OC(CCOCc3ccccc3)[C@H]2O1. The van der Waals surface area contributed by atoms with E-state index >= 15 is 0 Å². The van der Waals surface area contributed by atoms with Crippen LogP contribution in [0.1, 0.15) is 39.7 Å². The van der Waals surface area contributed by atoms with Gasteiger partial charge in [0.1, 0.15) is 24.4 Å². The molecule has 3 fully saturated rings. The number of hydrogen-bond acceptors (Lipinski definition) is 6. The Morgan fingerprint density at radius 3 is 2.37 bits per heavy atom. The number of ether oxygens (including phenoxy) is 6. The molecule has 6 nitrogen and oxygen atoms in total. The van der Waals surface area contributed by atoms with Gasteiger partial charge in [0, 0.05) is 6.61 Å². The lowest BCUT2D eigenvalue weighted by Gasteiger charge is -2.27. The second-order valence-electron chi connectivity index (χ2n) is 8.40. The van der Waals surface area contributed by atoms with Crippen molar-refractivity contribution in [3.8, 4) is 0 Å². The van der Waals surface area contributed by atoms with Gasteiger partial charge in [-0.15, -0.1) is 0 Å². The average molecular weight is 378 g/mol. The lowest BCUT2D eigenvalue weighted by molar-refractivity contribution is -0.207. The maximum absolute atomic E-state index is 6.32. The number of hydrogen-bond donors (Lipinski definition) is 0. The van der Waals surface area contributed by atoms with Crippen LogP contribution in [-0.2, 0) is 35.0 Å². The number of fused-ring (bicyclic) bond motifs is 1. The first kappa shape index (κ1) is 19.3. The summed E-state index contributed by atoms with van der Waals surface area (Å²) in [7, 11) is 0. The first-order valence-corrected chi connectivity index (χ1v) is 9.78. The minimum atomic E-state index is -0.616. The minimum absolute atomic E-state index is 0.0788. The summed E-state index contributed by atoms with van der Waals surface area (Å²) < 4.78 is 36.2. The zero-order chi connectivity index (χ0) is 19.1. The largest absolute Gasteiger partial charge is 0.377 e. The van der Waals surface area contributed by atoms with E-state index in [1.165, 1.54) is 5.56 Å². The molecule has 1 unspecified atom stereocenters. The smallest absolute Gasteiger partial charge is 0.164 e.